The topological polar surface area (TPSA) is 24.5 Å². The Bertz CT molecular complexity index is 316. The van der Waals surface area contributed by atoms with Gasteiger partial charge in [-0.05, 0) is 38.9 Å². The largest absolute Gasteiger partial charge is 0.385 e. The van der Waals surface area contributed by atoms with Gasteiger partial charge >= 0.3 is 0 Å². The summed E-state index contributed by atoms with van der Waals surface area (Å²) in [6, 6.07) is 11.2. The fourth-order valence-corrected chi connectivity index (χ4v) is 1.98. The van der Waals surface area contributed by atoms with Gasteiger partial charge in [-0.3, -0.25) is 0 Å². The molecule has 0 aliphatic rings. The predicted molar refractivity (Wildman–Crippen MR) is 81.6 cm³/mol. The van der Waals surface area contributed by atoms with E-state index in [2.05, 4.69) is 54.5 Å². The second kappa shape index (κ2) is 9.96. The van der Waals surface area contributed by atoms with Crippen molar-refractivity contribution in [3.8, 4) is 0 Å². The van der Waals surface area contributed by atoms with Crippen LogP contribution in [0.4, 0.5) is 0 Å². The third kappa shape index (κ3) is 7.31. The van der Waals surface area contributed by atoms with E-state index in [1.807, 2.05) is 0 Å². The summed E-state index contributed by atoms with van der Waals surface area (Å²) >= 11 is 0. The van der Waals surface area contributed by atoms with Crippen molar-refractivity contribution >= 4 is 0 Å². The Morgan fingerprint density at radius 1 is 1.26 bits per heavy atom. The molecule has 0 spiro atoms. The molecule has 0 aliphatic heterocycles. The zero-order chi connectivity index (χ0) is 13.9. The van der Waals surface area contributed by atoms with Crippen molar-refractivity contribution in [2.24, 2.45) is 0 Å². The molecule has 0 fully saturated rings. The van der Waals surface area contributed by atoms with Crippen LogP contribution in [0.25, 0.3) is 0 Å². The highest BCUT2D eigenvalue weighted by Gasteiger charge is 2.08. The molecule has 0 radical (unpaired) electrons. The molecular weight excluding hydrogens is 236 g/mol. The van der Waals surface area contributed by atoms with Crippen LogP contribution in [0.2, 0.25) is 0 Å². The second-order valence-corrected chi connectivity index (χ2v) is 5.12. The lowest BCUT2D eigenvalue weighted by Crippen LogP contribution is -2.39. The summed E-state index contributed by atoms with van der Waals surface area (Å²) in [5.41, 5.74) is 1.41. The van der Waals surface area contributed by atoms with Crippen molar-refractivity contribution in [3.63, 3.8) is 0 Å². The van der Waals surface area contributed by atoms with Crippen molar-refractivity contribution in [1.82, 2.24) is 10.2 Å². The van der Waals surface area contributed by atoms with Crippen LogP contribution in [0.5, 0.6) is 0 Å². The van der Waals surface area contributed by atoms with Gasteiger partial charge in [-0.2, -0.15) is 0 Å². The van der Waals surface area contributed by atoms with Gasteiger partial charge in [-0.25, -0.2) is 0 Å². The Morgan fingerprint density at radius 3 is 2.68 bits per heavy atom. The van der Waals surface area contributed by atoms with Crippen LogP contribution < -0.4 is 5.32 Å². The minimum Gasteiger partial charge on any atom is -0.385 e. The van der Waals surface area contributed by atoms with E-state index in [-0.39, 0.29) is 0 Å². The van der Waals surface area contributed by atoms with Crippen molar-refractivity contribution < 1.29 is 4.74 Å². The molecule has 108 valence electrons. The number of hydrogen-bond donors (Lipinski definition) is 1. The maximum absolute atomic E-state index is 5.03. The molecule has 3 heteroatoms. The Hall–Kier alpha value is -0.900. The van der Waals surface area contributed by atoms with Crippen LogP contribution >= 0.6 is 0 Å². The van der Waals surface area contributed by atoms with E-state index in [1.54, 1.807) is 7.11 Å². The van der Waals surface area contributed by atoms with Crippen LogP contribution in [-0.2, 0) is 11.2 Å². The van der Waals surface area contributed by atoms with Gasteiger partial charge in [0.2, 0.25) is 0 Å². The van der Waals surface area contributed by atoms with Gasteiger partial charge in [-0.1, -0.05) is 30.3 Å². The van der Waals surface area contributed by atoms with Crippen LogP contribution in [0, 0.1) is 0 Å². The molecule has 0 aliphatic carbocycles. The van der Waals surface area contributed by atoms with E-state index in [9.17, 15) is 0 Å². The summed E-state index contributed by atoms with van der Waals surface area (Å²) in [6.07, 6.45) is 2.20. The summed E-state index contributed by atoms with van der Waals surface area (Å²) < 4.78 is 5.03. The summed E-state index contributed by atoms with van der Waals surface area (Å²) in [5.74, 6) is 0. The molecule has 1 N–H and O–H groups in total. The molecule has 0 saturated carbocycles. The third-order valence-corrected chi connectivity index (χ3v) is 3.49. The fraction of sp³-hybridized carbons (Fsp3) is 0.625. The lowest BCUT2D eigenvalue weighted by atomic mass is 10.1. The SMILES string of the molecule is COCCCNCC(C)N(C)CCc1ccccc1. The lowest BCUT2D eigenvalue weighted by Gasteiger charge is -2.25. The molecule has 3 nitrogen and oxygen atoms in total. The number of nitrogens with zero attached hydrogens (tertiary/aromatic N) is 1. The van der Waals surface area contributed by atoms with Crippen LogP contribution in [0.3, 0.4) is 0 Å². The first-order valence-corrected chi connectivity index (χ1v) is 7.18. The van der Waals surface area contributed by atoms with E-state index in [0.29, 0.717) is 6.04 Å². The highest BCUT2D eigenvalue weighted by Crippen LogP contribution is 2.02. The van der Waals surface area contributed by atoms with Gasteiger partial charge in [-0.15, -0.1) is 0 Å². The zero-order valence-electron chi connectivity index (χ0n) is 12.6. The number of hydrogen-bond acceptors (Lipinski definition) is 3. The molecular formula is C16H28N2O. The zero-order valence-corrected chi connectivity index (χ0v) is 12.6. The summed E-state index contributed by atoms with van der Waals surface area (Å²) in [7, 11) is 3.95. The Morgan fingerprint density at radius 2 is 2.00 bits per heavy atom. The average molecular weight is 264 g/mol. The van der Waals surface area contributed by atoms with Crippen LogP contribution in [-0.4, -0.2) is 51.3 Å². The van der Waals surface area contributed by atoms with Gasteiger partial charge in [0.05, 0.1) is 0 Å². The molecule has 0 heterocycles. The molecule has 1 atom stereocenters. The molecule has 1 aromatic rings. The van der Waals surface area contributed by atoms with Crippen molar-refractivity contribution in [2.45, 2.75) is 25.8 Å². The van der Waals surface area contributed by atoms with Crippen molar-refractivity contribution in [1.29, 1.82) is 0 Å². The minimum atomic E-state index is 0.561. The first kappa shape index (κ1) is 16.2. The lowest BCUT2D eigenvalue weighted by molar-refractivity contribution is 0.192. The molecule has 0 bridgehead atoms. The monoisotopic (exact) mass is 264 g/mol. The van der Waals surface area contributed by atoms with Gasteiger partial charge < -0.3 is 15.0 Å². The molecule has 1 rings (SSSR count). The van der Waals surface area contributed by atoms with Crippen molar-refractivity contribution in [2.75, 3.05) is 40.4 Å². The standard InChI is InChI=1S/C16H28N2O/c1-15(14-17-11-7-13-19-3)18(2)12-10-16-8-5-4-6-9-16/h4-6,8-9,15,17H,7,10-14H2,1-3H3. The molecule has 19 heavy (non-hydrogen) atoms. The van der Waals surface area contributed by atoms with E-state index >= 15 is 0 Å². The number of benzene rings is 1. The summed E-state index contributed by atoms with van der Waals surface area (Å²) in [6.45, 7) is 6.28. The molecule has 1 aromatic carbocycles. The number of rotatable bonds is 10. The van der Waals surface area contributed by atoms with E-state index in [0.717, 1.165) is 39.1 Å². The molecule has 0 saturated heterocycles. The quantitative estimate of drug-likeness (QED) is 0.656. The Kier molecular flexibility index (Phi) is 8.47. The highest BCUT2D eigenvalue weighted by atomic mass is 16.5. The maximum atomic E-state index is 5.03. The third-order valence-electron chi connectivity index (χ3n) is 3.49. The Labute approximate surface area is 118 Å². The number of methoxy groups -OCH3 is 1. The number of likely N-dealkylation sites (N-methyl/N-ethyl adjacent to an activating group) is 1. The van der Waals surface area contributed by atoms with E-state index < -0.39 is 0 Å². The number of nitrogens with one attached hydrogen (secondary N) is 1. The van der Waals surface area contributed by atoms with Crippen LogP contribution in [0.1, 0.15) is 18.9 Å². The first-order valence-electron chi connectivity index (χ1n) is 7.18. The molecule has 1 unspecified atom stereocenters. The molecule has 0 amide bonds. The maximum Gasteiger partial charge on any atom is 0.0474 e. The average Bonchev–Trinajstić information content (AvgIpc) is 2.45. The van der Waals surface area contributed by atoms with Gasteiger partial charge in [0.1, 0.15) is 0 Å². The van der Waals surface area contributed by atoms with Gasteiger partial charge in [0.15, 0.2) is 0 Å². The Balaban J connectivity index is 2.12. The smallest absolute Gasteiger partial charge is 0.0474 e. The highest BCUT2D eigenvalue weighted by molar-refractivity contribution is 5.14. The summed E-state index contributed by atoms with van der Waals surface area (Å²) in [5, 5.41) is 3.48. The first-order chi connectivity index (χ1) is 9.24. The van der Waals surface area contributed by atoms with Crippen LogP contribution in [0.15, 0.2) is 30.3 Å². The van der Waals surface area contributed by atoms with E-state index in [4.69, 9.17) is 4.74 Å². The van der Waals surface area contributed by atoms with E-state index in [1.165, 1.54) is 5.56 Å². The normalized spacial score (nSPS) is 12.8. The predicted octanol–water partition coefficient (Wildman–Crippen LogP) is 2.18. The number of ether oxygens (including phenoxy) is 1. The van der Waals surface area contributed by atoms with Gasteiger partial charge in [0.25, 0.3) is 0 Å². The summed E-state index contributed by atoms with van der Waals surface area (Å²) in [4.78, 5) is 2.41. The second-order valence-electron chi connectivity index (χ2n) is 5.12. The van der Waals surface area contributed by atoms with Gasteiger partial charge in [0, 0.05) is 32.8 Å². The molecule has 0 aromatic heterocycles. The van der Waals surface area contributed by atoms with Crippen molar-refractivity contribution in [3.05, 3.63) is 35.9 Å². The fourth-order valence-electron chi connectivity index (χ4n) is 1.98. The minimum absolute atomic E-state index is 0.561.